The summed E-state index contributed by atoms with van der Waals surface area (Å²) in [6.45, 7) is 1.25. The van der Waals surface area contributed by atoms with Gasteiger partial charge in [0.1, 0.15) is 5.69 Å². The number of aliphatic carboxylic acids is 1. The maximum atomic E-state index is 12.2. The third-order valence-electron chi connectivity index (χ3n) is 3.13. The molecule has 2 rings (SSSR count). The normalized spacial score (nSPS) is 13.6. The number of rotatable bonds is 5. The van der Waals surface area contributed by atoms with E-state index in [2.05, 4.69) is 10.3 Å². The first kappa shape index (κ1) is 14.9. The molecular formula is C15H16N2O4. The summed E-state index contributed by atoms with van der Waals surface area (Å²) in [6.07, 6.45) is 0. The van der Waals surface area contributed by atoms with Crippen LogP contribution < -0.4 is 5.32 Å². The van der Waals surface area contributed by atoms with Crippen LogP contribution in [0.25, 0.3) is 10.9 Å². The number of hydrogen-bond acceptors (Lipinski definition) is 4. The molecule has 2 N–H and O–H groups in total. The number of nitrogens with one attached hydrogen (secondary N) is 1. The average Bonchev–Trinajstić information content (AvgIpc) is 2.46. The van der Waals surface area contributed by atoms with Crippen LogP contribution in [0.15, 0.2) is 36.4 Å². The maximum Gasteiger partial charge on any atom is 0.331 e. The van der Waals surface area contributed by atoms with Gasteiger partial charge in [-0.2, -0.15) is 0 Å². The summed E-state index contributed by atoms with van der Waals surface area (Å²) >= 11 is 0. The summed E-state index contributed by atoms with van der Waals surface area (Å²) in [6, 6.07) is 10.7. The number of nitrogens with zero attached hydrogens (tertiary/aromatic N) is 1. The van der Waals surface area contributed by atoms with Gasteiger partial charge in [-0.25, -0.2) is 9.78 Å². The van der Waals surface area contributed by atoms with E-state index in [-0.39, 0.29) is 12.3 Å². The molecule has 0 fully saturated rings. The molecule has 1 aromatic heterocycles. The van der Waals surface area contributed by atoms with Gasteiger partial charge in [0, 0.05) is 12.5 Å². The van der Waals surface area contributed by atoms with E-state index < -0.39 is 17.4 Å². The van der Waals surface area contributed by atoms with Gasteiger partial charge in [0.05, 0.1) is 12.1 Å². The van der Waals surface area contributed by atoms with Crippen LogP contribution in [0.4, 0.5) is 0 Å². The first-order valence-corrected chi connectivity index (χ1v) is 6.37. The maximum absolute atomic E-state index is 12.2. The van der Waals surface area contributed by atoms with Crippen molar-refractivity contribution in [1.82, 2.24) is 10.3 Å². The van der Waals surface area contributed by atoms with Gasteiger partial charge in [-0.3, -0.25) is 4.79 Å². The highest BCUT2D eigenvalue weighted by Crippen LogP contribution is 2.13. The summed E-state index contributed by atoms with van der Waals surface area (Å²) < 4.78 is 4.86. The molecular weight excluding hydrogens is 272 g/mol. The van der Waals surface area contributed by atoms with Gasteiger partial charge in [0.15, 0.2) is 5.54 Å². The Labute approximate surface area is 121 Å². The van der Waals surface area contributed by atoms with Crippen molar-refractivity contribution in [3.8, 4) is 0 Å². The SMILES string of the molecule is COCC(C)(NC(=O)c1ccc2ccccc2n1)C(=O)O. The minimum absolute atomic E-state index is 0.137. The molecule has 1 heterocycles. The van der Waals surface area contributed by atoms with E-state index in [0.29, 0.717) is 5.52 Å². The van der Waals surface area contributed by atoms with Crippen molar-refractivity contribution < 1.29 is 19.4 Å². The van der Waals surface area contributed by atoms with Gasteiger partial charge in [0.25, 0.3) is 5.91 Å². The Morgan fingerprint density at radius 1 is 1.29 bits per heavy atom. The van der Waals surface area contributed by atoms with E-state index in [1.165, 1.54) is 14.0 Å². The molecule has 0 bridgehead atoms. The molecule has 0 radical (unpaired) electrons. The number of carboxylic acid groups (broad SMARTS) is 1. The van der Waals surface area contributed by atoms with Crippen LogP contribution >= 0.6 is 0 Å². The Bertz CT molecular complexity index is 686. The number of carboxylic acids is 1. The van der Waals surface area contributed by atoms with Crippen molar-refractivity contribution in [2.24, 2.45) is 0 Å². The molecule has 0 aliphatic rings. The third kappa shape index (κ3) is 3.17. The quantitative estimate of drug-likeness (QED) is 0.869. The van der Waals surface area contributed by atoms with Crippen LogP contribution in [0.5, 0.6) is 0 Å². The van der Waals surface area contributed by atoms with Crippen LogP contribution in [0.3, 0.4) is 0 Å². The zero-order valence-electron chi connectivity index (χ0n) is 11.8. The molecule has 6 nitrogen and oxygen atoms in total. The number of fused-ring (bicyclic) bond motifs is 1. The summed E-state index contributed by atoms with van der Waals surface area (Å²) in [7, 11) is 1.38. The molecule has 0 saturated carbocycles. The second kappa shape index (κ2) is 5.88. The van der Waals surface area contributed by atoms with Crippen molar-refractivity contribution in [2.75, 3.05) is 13.7 Å². The number of aromatic nitrogens is 1. The number of benzene rings is 1. The minimum atomic E-state index is -1.50. The highest BCUT2D eigenvalue weighted by atomic mass is 16.5. The lowest BCUT2D eigenvalue weighted by molar-refractivity contribution is -0.145. The number of amides is 1. The van der Waals surface area contributed by atoms with Gasteiger partial charge in [0.2, 0.25) is 0 Å². The number of carbonyl (C=O) groups is 2. The number of ether oxygens (including phenoxy) is 1. The monoisotopic (exact) mass is 288 g/mol. The van der Waals surface area contributed by atoms with Crippen LogP contribution in [0.1, 0.15) is 17.4 Å². The van der Waals surface area contributed by atoms with Crippen molar-refractivity contribution >= 4 is 22.8 Å². The van der Waals surface area contributed by atoms with E-state index in [0.717, 1.165) is 5.39 Å². The number of methoxy groups -OCH3 is 1. The summed E-state index contributed by atoms with van der Waals surface area (Å²) in [5.74, 6) is -1.72. The molecule has 1 unspecified atom stereocenters. The second-order valence-corrected chi connectivity index (χ2v) is 4.91. The predicted molar refractivity (Wildman–Crippen MR) is 77.1 cm³/mol. The molecule has 0 saturated heterocycles. The van der Waals surface area contributed by atoms with Gasteiger partial charge >= 0.3 is 5.97 Å². The first-order valence-electron chi connectivity index (χ1n) is 6.37. The number of hydrogen-bond donors (Lipinski definition) is 2. The van der Waals surface area contributed by atoms with Gasteiger partial charge in [-0.05, 0) is 19.1 Å². The fraction of sp³-hybridized carbons (Fsp3) is 0.267. The Morgan fingerprint density at radius 3 is 2.67 bits per heavy atom. The van der Waals surface area contributed by atoms with Gasteiger partial charge < -0.3 is 15.2 Å². The molecule has 1 amide bonds. The number of para-hydroxylation sites is 1. The van der Waals surface area contributed by atoms with Crippen LogP contribution in [0.2, 0.25) is 0 Å². The van der Waals surface area contributed by atoms with Crippen molar-refractivity contribution in [3.05, 3.63) is 42.1 Å². The van der Waals surface area contributed by atoms with E-state index >= 15 is 0 Å². The fourth-order valence-electron chi connectivity index (χ4n) is 1.95. The van der Waals surface area contributed by atoms with E-state index in [4.69, 9.17) is 4.74 Å². The molecule has 0 aliphatic heterocycles. The number of pyridine rings is 1. The van der Waals surface area contributed by atoms with Crippen molar-refractivity contribution in [3.63, 3.8) is 0 Å². The predicted octanol–water partition coefficient (Wildman–Crippen LogP) is 1.45. The van der Waals surface area contributed by atoms with Crippen LogP contribution in [-0.4, -0.2) is 41.2 Å². The van der Waals surface area contributed by atoms with Gasteiger partial charge in [-0.1, -0.05) is 24.3 Å². The molecule has 6 heteroatoms. The smallest absolute Gasteiger partial charge is 0.331 e. The Balaban J connectivity index is 2.27. The topological polar surface area (TPSA) is 88.5 Å². The van der Waals surface area contributed by atoms with E-state index in [1.54, 1.807) is 18.2 Å². The second-order valence-electron chi connectivity index (χ2n) is 4.91. The zero-order chi connectivity index (χ0) is 15.5. The van der Waals surface area contributed by atoms with Crippen LogP contribution in [-0.2, 0) is 9.53 Å². The van der Waals surface area contributed by atoms with E-state index in [1.807, 2.05) is 18.2 Å². The van der Waals surface area contributed by atoms with Crippen molar-refractivity contribution in [2.45, 2.75) is 12.5 Å². The van der Waals surface area contributed by atoms with E-state index in [9.17, 15) is 14.7 Å². The molecule has 0 aliphatic carbocycles. The highest BCUT2D eigenvalue weighted by Gasteiger charge is 2.35. The molecule has 2 aromatic rings. The lowest BCUT2D eigenvalue weighted by Gasteiger charge is -2.25. The molecule has 1 aromatic carbocycles. The average molecular weight is 288 g/mol. The summed E-state index contributed by atoms with van der Waals surface area (Å²) in [4.78, 5) is 27.7. The highest BCUT2D eigenvalue weighted by molar-refractivity contribution is 5.98. The van der Waals surface area contributed by atoms with Crippen LogP contribution in [0, 0.1) is 0 Å². The molecule has 110 valence electrons. The first-order chi connectivity index (χ1) is 9.96. The lowest BCUT2D eigenvalue weighted by Crippen LogP contribution is -2.55. The summed E-state index contributed by atoms with van der Waals surface area (Å²) in [5.41, 5.74) is -0.662. The van der Waals surface area contributed by atoms with Crippen molar-refractivity contribution in [1.29, 1.82) is 0 Å². The fourth-order valence-corrected chi connectivity index (χ4v) is 1.95. The third-order valence-corrected chi connectivity index (χ3v) is 3.13. The summed E-state index contributed by atoms with van der Waals surface area (Å²) in [5, 5.41) is 12.6. The molecule has 0 spiro atoms. The molecule has 21 heavy (non-hydrogen) atoms. The Morgan fingerprint density at radius 2 is 2.00 bits per heavy atom. The van der Waals surface area contributed by atoms with Gasteiger partial charge in [-0.15, -0.1) is 0 Å². The minimum Gasteiger partial charge on any atom is -0.479 e. The number of carbonyl (C=O) groups excluding carboxylic acids is 1. The standard InChI is InChI=1S/C15H16N2O4/c1-15(9-21-2,14(19)20)17-13(18)12-8-7-10-5-3-4-6-11(10)16-12/h3-8H,9H2,1-2H3,(H,17,18)(H,19,20). The Hall–Kier alpha value is -2.47. The lowest BCUT2D eigenvalue weighted by atomic mass is 10.0. The molecule has 1 atom stereocenters. The zero-order valence-corrected chi connectivity index (χ0v) is 11.8. The Kier molecular flexibility index (Phi) is 4.18. The largest absolute Gasteiger partial charge is 0.479 e.